The van der Waals surface area contributed by atoms with Crippen LogP contribution in [-0.4, -0.2) is 23.3 Å². The van der Waals surface area contributed by atoms with Crippen molar-refractivity contribution < 1.29 is 13.9 Å². The lowest BCUT2D eigenvalue weighted by molar-refractivity contribution is 0.299. The van der Waals surface area contributed by atoms with Crippen molar-refractivity contribution in [3.8, 4) is 22.6 Å². The highest BCUT2D eigenvalue weighted by atomic mass is 19.1. The van der Waals surface area contributed by atoms with Gasteiger partial charge in [0.2, 0.25) is 0 Å². The number of nitrogens with zero attached hydrogens (tertiary/aromatic N) is 2. The smallest absolute Gasteiger partial charge is 0.250 e. The standard InChI is InChI=1S/C24H21FN2O3/c1-16-13-18(25)4-6-20(16)17-3-8-24(28)27(15-17)11-12-30-23-9-10-26-22-14-19(29-2)5-7-21(22)23/h3-10,13-15H,11-12H2,1-2H3. The van der Waals surface area contributed by atoms with Crippen molar-refractivity contribution in [2.45, 2.75) is 13.5 Å². The number of aromatic nitrogens is 2. The molecule has 0 aliphatic heterocycles. The van der Waals surface area contributed by atoms with Crippen LogP contribution in [0.1, 0.15) is 5.56 Å². The van der Waals surface area contributed by atoms with Crippen molar-refractivity contribution >= 4 is 10.9 Å². The molecule has 2 aromatic carbocycles. The van der Waals surface area contributed by atoms with Gasteiger partial charge < -0.3 is 14.0 Å². The molecule has 152 valence electrons. The number of halogens is 1. The molecule has 5 nitrogen and oxygen atoms in total. The van der Waals surface area contributed by atoms with E-state index >= 15 is 0 Å². The highest BCUT2D eigenvalue weighted by molar-refractivity contribution is 5.85. The molecule has 0 saturated carbocycles. The minimum atomic E-state index is -0.278. The minimum Gasteiger partial charge on any atom is -0.497 e. The predicted octanol–water partition coefficient (Wildman–Crippen LogP) is 4.60. The summed E-state index contributed by atoms with van der Waals surface area (Å²) in [6.07, 6.45) is 3.46. The van der Waals surface area contributed by atoms with E-state index in [2.05, 4.69) is 4.98 Å². The molecular weight excluding hydrogens is 383 g/mol. The molecule has 0 N–H and O–H groups in total. The number of hydrogen-bond acceptors (Lipinski definition) is 4. The second-order valence-corrected chi connectivity index (χ2v) is 6.95. The van der Waals surface area contributed by atoms with Crippen LogP contribution >= 0.6 is 0 Å². The zero-order valence-electron chi connectivity index (χ0n) is 16.8. The molecule has 2 heterocycles. The van der Waals surface area contributed by atoms with Gasteiger partial charge >= 0.3 is 0 Å². The Balaban J connectivity index is 1.53. The topological polar surface area (TPSA) is 53.4 Å². The maximum atomic E-state index is 13.4. The van der Waals surface area contributed by atoms with Crippen LogP contribution in [0.2, 0.25) is 0 Å². The summed E-state index contributed by atoms with van der Waals surface area (Å²) in [7, 11) is 1.61. The lowest BCUT2D eigenvalue weighted by Crippen LogP contribution is -2.22. The fraction of sp³-hybridized carbons (Fsp3) is 0.167. The van der Waals surface area contributed by atoms with Gasteiger partial charge in [-0.15, -0.1) is 0 Å². The first-order valence-corrected chi connectivity index (χ1v) is 9.58. The molecule has 0 radical (unpaired) electrons. The first-order valence-electron chi connectivity index (χ1n) is 9.58. The minimum absolute atomic E-state index is 0.119. The SMILES string of the molecule is COc1ccc2c(OCCn3cc(-c4ccc(F)cc4C)ccc3=O)ccnc2c1. The van der Waals surface area contributed by atoms with Gasteiger partial charge in [-0.3, -0.25) is 9.78 Å². The summed E-state index contributed by atoms with van der Waals surface area (Å²) in [5, 5.41) is 0.876. The van der Waals surface area contributed by atoms with E-state index in [1.807, 2.05) is 25.1 Å². The highest BCUT2D eigenvalue weighted by Gasteiger charge is 2.08. The summed E-state index contributed by atoms with van der Waals surface area (Å²) in [5.41, 5.74) is 3.22. The Hall–Kier alpha value is -3.67. The lowest BCUT2D eigenvalue weighted by Gasteiger charge is -2.12. The largest absolute Gasteiger partial charge is 0.497 e. The molecule has 0 unspecified atom stereocenters. The zero-order valence-corrected chi connectivity index (χ0v) is 16.8. The summed E-state index contributed by atoms with van der Waals surface area (Å²) in [6.45, 7) is 2.55. The molecule has 2 aromatic heterocycles. The van der Waals surface area contributed by atoms with Crippen LogP contribution in [0.25, 0.3) is 22.0 Å². The summed E-state index contributed by atoms with van der Waals surface area (Å²) >= 11 is 0. The lowest BCUT2D eigenvalue weighted by atomic mass is 10.0. The monoisotopic (exact) mass is 404 g/mol. The van der Waals surface area contributed by atoms with Crippen LogP contribution in [0, 0.1) is 12.7 Å². The maximum Gasteiger partial charge on any atom is 0.250 e. The molecule has 0 amide bonds. The van der Waals surface area contributed by atoms with Gasteiger partial charge in [-0.05, 0) is 60.0 Å². The van der Waals surface area contributed by atoms with E-state index in [9.17, 15) is 9.18 Å². The van der Waals surface area contributed by atoms with Gasteiger partial charge in [0.15, 0.2) is 0 Å². The highest BCUT2D eigenvalue weighted by Crippen LogP contribution is 2.27. The van der Waals surface area contributed by atoms with Crippen LogP contribution in [0.5, 0.6) is 11.5 Å². The van der Waals surface area contributed by atoms with E-state index in [-0.39, 0.29) is 11.4 Å². The molecule has 0 bridgehead atoms. The van der Waals surface area contributed by atoms with E-state index in [4.69, 9.17) is 9.47 Å². The zero-order chi connectivity index (χ0) is 21.1. The van der Waals surface area contributed by atoms with Gasteiger partial charge in [-0.25, -0.2) is 4.39 Å². The molecule has 0 saturated heterocycles. The Morgan fingerprint density at radius 1 is 1.07 bits per heavy atom. The molecule has 0 aliphatic rings. The van der Waals surface area contributed by atoms with E-state index < -0.39 is 0 Å². The van der Waals surface area contributed by atoms with Gasteiger partial charge in [0.25, 0.3) is 5.56 Å². The third-order valence-electron chi connectivity index (χ3n) is 4.98. The van der Waals surface area contributed by atoms with E-state index in [0.29, 0.717) is 18.9 Å². The molecule has 0 atom stereocenters. The van der Waals surface area contributed by atoms with Crippen LogP contribution in [0.3, 0.4) is 0 Å². The molecule has 4 aromatic rings. The van der Waals surface area contributed by atoms with Crippen molar-refractivity contribution in [2.75, 3.05) is 13.7 Å². The van der Waals surface area contributed by atoms with Crippen molar-refractivity contribution in [2.24, 2.45) is 0 Å². The summed E-state index contributed by atoms with van der Waals surface area (Å²) < 4.78 is 26.2. The van der Waals surface area contributed by atoms with Crippen LogP contribution in [0.4, 0.5) is 4.39 Å². The average Bonchev–Trinajstić information content (AvgIpc) is 2.75. The maximum absolute atomic E-state index is 13.4. The number of benzene rings is 2. The molecular formula is C24H21FN2O3. The van der Waals surface area contributed by atoms with Crippen LogP contribution in [0.15, 0.2) is 71.8 Å². The molecule has 4 rings (SSSR count). The quantitative estimate of drug-likeness (QED) is 0.471. The van der Waals surface area contributed by atoms with Crippen LogP contribution < -0.4 is 15.0 Å². The van der Waals surface area contributed by atoms with Crippen molar-refractivity contribution in [1.82, 2.24) is 9.55 Å². The number of pyridine rings is 2. The number of rotatable bonds is 6. The Morgan fingerprint density at radius 3 is 2.73 bits per heavy atom. The first kappa shape index (κ1) is 19.6. The molecule has 6 heteroatoms. The summed E-state index contributed by atoms with van der Waals surface area (Å²) in [6, 6.07) is 15.3. The fourth-order valence-corrected chi connectivity index (χ4v) is 3.42. The third kappa shape index (κ3) is 4.03. The second kappa shape index (κ2) is 8.37. The molecule has 0 spiro atoms. The second-order valence-electron chi connectivity index (χ2n) is 6.95. The van der Waals surface area contributed by atoms with Crippen molar-refractivity contribution in [1.29, 1.82) is 0 Å². The van der Waals surface area contributed by atoms with Crippen molar-refractivity contribution in [3.05, 3.63) is 88.7 Å². The number of hydrogen-bond donors (Lipinski definition) is 0. The Kier molecular flexibility index (Phi) is 5.48. The van der Waals surface area contributed by atoms with Gasteiger partial charge in [0, 0.05) is 29.9 Å². The molecule has 30 heavy (non-hydrogen) atoms. The number of fused-ring (bicyclic) bond motifs is 1. The van der Waals surface area contributed by atoms with Crippen LogP contribution in [-0.2, 0) is 6.54 Å². The summed E-state index contributed by atoms with van der Waals surface area (Å²) in [5.74, 6) is 1.15. The van der Waals surface area contributed by atoms with Gasteiger partial charge in [-0.1, -0.05) is 6.07 Å². The average molecular weight is 404 g/mol. The van der Waals surface area contributed by atoms with Gasteiger partial charge in [0.1, 0.15) is 23.9 Å². The van der Waals surface area contributed by atoms with Gasteiger partial charge in [0.05, 0.1) is 19.2 Å². The number of ether oxygens (including phenoxy) is 2. The van der Waals surface area contributed by atoms with E-state index in [1.165, 1.54) is 18.2 Å². The Labute approximate surface area is 173 Å². The number of methoxy groups -OCH3 is 1. The Morgan fingerprint density at radius 2 is 1.93 bits per heavy atom. The molecule has 0 aliphatic carbocycles. The number of aryl methyl sites for hydroxylation is 1. The molecule has 0 fully saturated rings. The first-order chi connectivity index (χ1) is 14.5. The van der Waals surface area contributed by atoms with E-state index in [1.54, 1.807) is 42.3 Å². The third-order valence-corrected chi connectivity index (χ3v) is 4.98. The predicted molar refractivity (Wildman–Crippen MR) is 115 cm³/mol. The van der Waals surface area contributed by atoms with E-state index in [0.717, 1.165) is 33.3 Å². The summed E-state index contributed by atoms with van der Waals surface area (Å²) in [4.78, 5) is 16.6. The van der Waals surface area contributed by atoms with Gasteiger partial charge in [-0.2, -0.15) is 0 Å². The van der Waals surface area contributed by atoms with Crippen molar-refractivity contribution in [3.63, 3.8) is 0 Å². The normalized spacial score (nSPS) is 10.9. The fourth-order valence-electron chi connectivity index (χ4n) is 3.42. The Bertz CT molecular complexity index is 1270.